The summed E-state index contributed by atoms with van der Waals surface area (Å²) in [7, 11) is 0. The van der Waals surface area contributed by atoms with E-state index in [4.69, 9.17) is 0 Å². The molecule has 0 fully saturated rings. The van der Waals surface area contributed by atoms with Crippen LogP contribution in [0.5, 0.6) is 0 Å². The third kappa shape index (κ3) is 4.80. The Morgan fingerprint density at radius 1 is 1.53 bits per heavy atom. The minimum atomic E-state index is 0.156. The summed E-state index contributed by atoms with van der Waals surface area (Å²) in [6.07, 6.45) is 2.65. The molecule has 0 atom stereocenters. The first-order chi connectivity index (χ1) is 7.24. The third-order valence-corrected chi connectivity index (χ3v) is 3.79. The Balaban J connectivity index is 2.20. The predicted octanol–water partition coefficient (Wildman–Crippen LogP) is 3.24. The van der Waals surface area contributed by atoms with Gasteiger partial charge in [-0.3, -0.25) is 4.79 Å². The van der Waals surface area contributed by atoms with E-state index in [-0.39, 0.29) is 5.91 Å². The molecule has 4 heteroatoms. The number of hydrogen-bond acceptors (Lipinski definition) is 2. The molecule has 15 heavy (non-hydrogen) atoms. The van der Waals surface area contributed by atoms with Gasteiger partial charge in [0.2, 0.25) is 5.91 Å². The van der Waals surface area contributed by atoms with Crippen molar-refractivity contribution in [2.75, 3.05) is 5.33 Å². The molecule has 1 amide bonds. The fourth-order valence-corrected chi connectivity index (χ4v) is 2.47. The molecule has 0 saturated carbocycles. The highest BCUT2D eigenvalue weighted by Crippen LogP contribution is 2.14. The fourth-order valence-electron chi connectivity index (χ4n) is 1.23. The topological polar surface area (TPSA) is 29.1 Å². The zero-order valence-electron chi connectivity index (χ0n) is 8.88. The van der Waals surface area contributed by atoms with Gasteiger partial charge in [-0.25, -0.2) is 0 Å². The molecule has 84 valence electrons. The van der Waals surface area contributed by atoms with Gasteiger partial charge in [-0.05, 0) is 36.8 Å². The smallest absolute Gasteiger partial charge is 0.220 e. The maximum Gasteiger partial charge on any atom is 0.220 e. The molecule has 1 aromatic rings. The Bertz CT molecular complexity index is 311. The molecule has 0 saturated heterocycles. The molecule has 1 aromatic heterocycles. The van der Waals surface area contributed by atoms with E-state index in [0.29, 0.717) is 13.0 Å². The van der Waals surface area contributed by atoms with Crippen LogP contribution in [0.2, 0.25) is 0 Å². The first-order valence-corrected chi connectivity index (χ1v) is 7.10. The number of thiophene rings is 1. The maximum atomic E-state index is 11.4. The maximum absolute atomic E-state index is 11.4. The van der Waals surface area contributed by atoms with E-state index in [1.165, 1.54) is 10.4 Å². The standard InChI is InChI=1S/C11H16BrNOS/c1-9-5-7-15-10(9)8-13-11(14)4-2-3-6-12/h5,7H,2-4,6,8H2,1H3,(H,13,14). The summed E-state index contributed by atoms with van der Waals surface area (Å²) in [4.78, 5) is 12.7. The first kappa shape index (κ1) is 12.7. The lowest BCUT2D eigenvalue weighted by Gasteiger charge is -2.03. The van der Waals surface area contributed by atoms with E-state index in [2.05, 4.69) is 39.6 Å². The number of aryl methyl sites for hydroxylation is 1. The molecule has 0 aliphatic carbocycles. The van der Waals surface area contributed by atoms with Gasteiger partial charge in [0.1, 0.15) is 0 Å². The molecular weight excluding hydrogens is 274 g/mol. The minimum Gasteiger partial charge on any atom is -0.351 e. The lowest BCUT2D eigenvalue weighted by Crippen LogP contribution is -2.22. The normalized spacial score (nSPS) is 10.3. The summed E-state index contributed by atoms with van der Waals surface area (Å²) in [5.74, 6) is 0.156. The summed E-state index contributed by atoms with van der Waals surface area (Å²) in [6.45, 7) is 2.75. The lowest BCUT2D eigenvalue weighted by atomic mass is 10.2. The molecule has 0 bridgehead atoms. The average molecular weight is 290 g/mol. The van der Waals surface area contributed by atoms with Crippen molar-refractivity contribution in [2.45, 2.75) is 32.7 Å². The predicted molar refractivity (Wildman–Crippen MR) is 68.5 cm³/mol. The van der Waals surface area contributed by atoms with Crippen molar-refractivity contribution in [3.05, 3.63) is 21.9 Å². The van der Waals surface area contributed by atoms with Crippen LogP contribution in [0.15, 0.2) is 11.4 Å². The van der Waals surface area contributed by atoms with Crippen LogP contribution in [0.1, 0.15) is 29.7 Å². The summed E-state index contributed by atoms with van der Waals surface area (Å²) in [6, 6.07) is 2.08. The monoisotopic (exact) mass is 289 g/mol. The summed E-state index contributed by atoms with van der Waals surface area (Å²) in [5.41, 5.74) is 1.26. The van der Waals surface area contributed by atoms with E-state index in [1.807, 2.05) is 0 Å². The number of halogens is 1. The van der Waals surface area contributed by atoms with Gasteiger partial charge >= 0.3 is 0 Å². The largest absolute Gasteiger partial charge is 0.351 e. The van der Waals surface area contributed by atoms with E-state index in [0.717, 1.165) is 18.2 Å². The second-order valence-electron chi connectivity index (χ2n) is 3.45. The number of carbonyl (C=O) groups is 1. The van der Waals surface area contributed by atoms with Gasteiger partial charge in [0, 0.05) is 16.6 Å². The van der Waals surface area contributed by atoms with Crippen LogP contribution in [-0.4, -0.2) is 11.2 Å². The molecule has 0 radical (unpaired) electrons. The Morgan fingerprint density at radius 2 is 2.33 bits per heavy atom. The lowest BCUT2D eigenvalue weighted by molar-refractivity contribution is -0.121. The molecule has 0 aliphatic heterocycles. The van der Waals surface area contributed by atoms with E-state index in [1.54, 1.807) is 11.3 Å². The van der Waals surface area contributed by atoms with Crippen LogP contribution in [0.25, 0.3) is 0 Å². The molecule has 1 N–H and O–H groups in total. The molecule has 1 rings (SSSR count). The van der Waals surface area contributed by atoms with Crippen LogP contribution < -0.4 is 5.32 Å². The van der Waals surface area contributed by atoms with Crippen LogP contribution >= 0.6 is 27.3 Å². The third-order valence-electron chi connectivity index (χ3n) is 2.20. The van der Waals surface area contributed by atoms with Gasteiger partial charge in [-0.15, -0.1) is 11.3 Å². The summed E-state index contributed by atoms with van der Waals surface area (Å²) in [5, 5.41) is 5.97. The minimum absolute atomic E-state index is 0.156. The highest BCUT2D eigenvalue weighted by Gasteiger charge is 2.03. The highest BCUT2D eigenvalue weighted by atomic mass is 79.9. The number of carbonyl (C=O) groups excluding carboxylic acids is 1. The van der Waals surface area contributed by atoms with Gasteiger partial charge in [-0.2, -0.15) is 0 Å². The number of rotatable bonds is 6. The number of hydrogen-bond donors (Lipinski definition) is 1. The zero-order chi connectivity index (χ0) is 11.1. The molecule has 0 spiro atoms. The summed E-state index contributed by atoms with van der Waals surface area (Å²) < 4.78 is 0. The van der Waals surface area contributed by atoms with E-state index in [9.17, 15) is 4.79 Å². The van der Waals surface area contributed by atoms with Gasteiger partial charge < -0.3 is 5.32 Å². The molecule has 2 nitrogen and oxygen atoms in total. The Hall–Kier alpha value is -0.350. The van der Waals surface area contributed by atoms with Gasteiger partial charge in [0.15, 0.2) is 0 Å². The zero-order valence-corrected chi connectivity index (χ0v) is 11.3. The second kappa shape index (κ2) is 7.01. The van der Waals surface area contributed by atoms with Crippen molar-refractivity contribution < 1.29 is 4.79 Å². The fraction of sp³-hybridized carbons (Fsp3) is 0.545. The second-order valence-corrected chi connectivity index (χ2v) is 5.24. The SMILES string of the molecule is Cc1ccsc1CNC(=O)CCCCBr. The molecule has 0 aromatic carbocycles. The number of unbranched alkanes of at least 4 members (excludes halogenated alkanes) is 1. The van der Waals surface area contributed by atoms with Crippen molar-refractivity contribution in [3.63, 3.8) is 0 Å². The quantitative estimate of drug-likeness (QED) is 0.632. The number of amides is 1. The molecule has 1 heterocycles. The molecule has 0 aliphatic rings. The van der Waals surface area contributed by atoms with Crippen LogP contribution in [0, 0.1) is 6.92 Å². The molecule has 0 unspecified atom stereocenters. The highest BCUT2D eigenvalue weighted by molar-refractivity contribution is 9.09. The first-order valence-electron chi connectivity index (χ1n) is 5.09. The van der Waals surface area contributed by atoms with Gasteiger partial charge in [-0.1, -0.05) is 15.9 Å². The molecular formula is C11H16BrNOS. The van der Waals surface area contributed by atoms with E-state index < -0.39 is 0 Å². The van der Waals surface area contributed by atoms with Crippen molar-refractivity contribution in [2.24, 2.45) is 0 Å². The van der Waals surface area contributed by atoms with Crippen LogP contribution in [0.4, 0.5) is 0 Å². The van der Waals surface area contributed by atoms with Crippen molar-refractivity contribution in [1.29, 1.82) is 0 Å². The van der Waals surface area contributed by atoms with Crippen LogP contribution in [0.3, 0.4) is 0 Å². The van der Waals surface area contributed by atoms with Crippen molar-refractivity contribution >= 4 is 33.2 Å². The van der Waals surface area contributed by atoms with Gasteiger partial charge in [0.25, 0.3) is 0 Å². The van der Waals surface area contributed by atoms with Crippen molar-refractivity contribution in [1.82, 2.24) is 5.32 Å². The van der Waals surface area contributed by atoms with Gasteiger partial charge in [0.05, 0.1) is 6.54 Å². The van der Waals surface area contributed by atoms with E-state index >= 15 is 0 Å². The van der Waals surface area contributed by atoms with Crippen LogP contribution in [-0.2, 0) is 11.3 Å². The summed E-state index contributed by atoms with van der Waals surface area (Å²) >= 11 is 5.05. The number of nitrogens with one attached hydrogen (secondary N) is 1. The Kier molecular flexibility index (Phi) is 5.95. The Labute approximate surface area is 103 Å². The Morgan fingerprint density at radius 3 is 2.93 bits per heavy atom. The number of alkyl halides is 1. The van der Waals surface area contributed by atoms with Crippen molar-refractivity contribution in [3.8, 4) is 0 Å². The average Bonchev–Trinajstić information content (AvgIpc) is 2.61.